The van der Waals surface area contributed by atoms with Crippen molar-refractivity contribution in [3.63, 3.8) is 0 Å². The summed E-state index contributed by atoms with van der Waals surface area (Å²) in [6.45, 7) is 1.30. The number of halogens is 1. The predicted molar refractivity (Wildman–Crippen MR) is 67.4 cm³/mol. The maximum absolute atomic E-state index is 13.5. The first kappa shape index (κ1) is 13.1. The summed E-state index contributed by atoms with van der Waals surface area (Å²) in [7, 11) is 0. The van der Waals surface area contributed by atoms with Crippen molar-refractivity contribution in [3.05, 3.63) is 35.1 Å². The summed E-state index contributed by atoms with van der Waals surface area (Å²) in [4.78, 5) is 0. The number of hydrogen-bond acceptors (Lipinski definition) is 2. The second-order valence-corrected chi connectivity index (χ2v) is 4.55. The van der Waals surface area contributed by atoms with Gasteiger partial charge in [0.25, 0.3) is 0 Å². The second kappa shape index (κ2) is 6.53. The number of benzene rings is 1. The molecule has 1 aliphatic rings. The highest BCUT2D eigenvalue weighted by molar-refractivity contribution is 5.38. The topological polar surface area (TPSA) is 29.5 Å². The highest BCUT2D eigenvalue weighted by Gasteiger charge is 2.21. The van der Waals surface area contributed by atoms with E-state index in [1.165, 1.54) is 18.9 Å². The standard InChI is InChI=1S/C15H17FO2/c16-15-7-6-13(11-18-10-12-4-5-12)9-14(15)3-1-2-8-17/h6-7,9,12,17H,2,4-5,8,10-11H2. The van der Waals surface area contributed by atoms with Crippen molar-refractivity contribution >= 4 is 0 Å². The fraction of sp³-hybridized carbons (Fsp3) is 0.467. The molecule has 0 bridgehead atoms. The van der Waals surface area contributed by atoms with Gasteiger partial charge in [-0.25, -0.2) is 4.39 Å². The van der Waals surface area contributed by atoms with Crippen molar-refractivity contribution in [2.45, 2.75) is 25.9 Å². The van der Waals surface area contributed by atoms with Crippen molar-refractivity contribution in [3.8, 4) is 11.8 Å². The number of ether oxygens (including phenoxy) is 1. The van der Waals surface area contributed by atoms with Crippen LogP contribution in [0.2, 0.25) is 0 Å². The first-order valence-electron chi connectivity index (χ1n) is 6.25. The lowest BCUT2D eigenvalue weighted by atomic mass is 10.1. The number of rotatable bonds is 5. The molecule has 3 heteroatoms. The largest absolute Gasteiger partial charge is 0.395 e. The molecule has 0 radical (unpaired) electrons. The minimum Gasteiger partial charge on any atom is -0.395 e. The summed E-state index contributed by atoms with van der Waals surface area (Å²) < 4.78 is 19.0. The van der Waals surface area contributed by atoms with Gasteiger partial charge in [-0.15, -0.1) is 0 Å². The highest BCUT2D eigenvalue weighted by atomic mass is 19.1. The SMILES string of the molecule is OCCC#Cc1cc(COCC2CC2)ccc1F. The Balaban J connectivity index is 1.94. The van der Waals surface area contributed by atoms with Gasteiger partial charge in [-0.05, 0) is 36.5 Å². The van der Waals surface area contributed by atoms with Crippen molar-refractivity contribution in [2.75, 3.05) is 13.2 Å². The number of aliphatic hydroxyl groups excluding tert-OH is 1. The van der Waals surface area contributed by atoms with E-state index in [-0.39, 0.29) is 12.4 Å². The molecule has 96 valence electrons. The molecule has 0 spiro atoms. The smallest absolute Gasteiger partial charge is 0.138 e. The van der Waals surface area contributed by atoms with E-state index in [1.54, 1.807) is 12.1 Å². The molecule has 0 saturated heterocycles. The molecule has 2 nitrogen and oxygen atoms in total. The van der Waals surface area contributed by atoms with Gasteiger partial charge in [0.1, 0.15) is 5.82 Å². The maximum atomic E-state index is 13.5. The Labute approximate surface area is 107 Å². The fourth-order valence-corrected chi connectivity index (χ4v) is 1.60. The minimum absolute atomic E-state index is 0.00118. The quantitative estimate of drug-likeness (QED) is 0.811. The van der Waals surface area contributed by atoms with Crippen LogP contribution in [0.25, 0.3) is 0 Å². The van der Waals surface area contributed by atoms with E-state index in [0.717, 1.165) is 18.1 Å². The Morgan fingerprint density at radius 1 is 1.39 bits per heavy atom. The maximum Gasteiger partial charge on any atom is 0.138 e. The molecular formula is C15H17FO2. The lowest BCUT2D eigenvalue weighted by Gasteiger charge is -2.04. The third kappa shape index (κ3) is 4.14. The average Bonchev–Trinajstić information content (AvgIpc) is 3.17. The van der Waals surface area contributed by atoms with Gasteiger partial charge in [-0.1, -0.05) is 17.9 Å². The van der Waals surface area contributed by atoms with E-state index < -0.39 is 0 Å². The van der Waals surface area contributed by atoms with Crippen LogP contribution >= 0.6 is 0 Å². The molecule has 0 amide bonds. The zero-order valence-electron chi connectivity index (χ0n) is 10.3. The molecule has 2 rings (SSSR count). The Bertz CT molecular complexity index is 455. The molecule has 1 saturated carbocycles. The first-order chi connectivity index (χ1) is 8.79. The predicted octanol–water partition coefficient (Wildman–Crippen LogP) is 2.49. The van der Waals surface area contributed by atoms with E-state index in [0.29, 0.717) is 18.6 Å². The van der Waals surface area contributed by atoms with Crippen LogP contribution < -0.4 is 0 Å². The van der Waals surface area contributed by atoms with Crippen LogP contribution in [-0.2, 0) is 11.3 Å². The minimum atomic E-state index is -0.327. The average molecular weight is 248 g/mol. The first-order valence-corrected chi connectivity index (χ1v) is 6.25. The van der Waals surface area contributed by atoms with E-state index >= 15 is 0 Å². The molecule has 1 aromatic carbocycles. The normalized spacial score (nSPS) is 14.1. The molecule has 0 aromatic heterocycles. The van der Waals surface area contributed by atoms with E-state index in [4.69, 9.17) is 9.84 Å². The lowest BCUT2D eigenvalue weighted by molar-refractivity contribution is 0.111. The third-order valence-electron chi connectivity index (χ3n) is 2.81. The Hall–Kier alpha value is -1.37. The Morgan fingerprint density at radius 3 is 2.94 bits per heavy atom. The Kier molecular flexibility index (Phi) is 4.74. The second-order valence-electron chi connectivity index (χ2n) is 4.55. The highest BCUT2D eigenvalue weighted by Crippen LogP contribution is 2.29. The van der Waals surface area contributed by atoms with Gasteiger partial charge in [-0.3, -0.25) is 0 Å². The van der Waals surface area contributed by atoms with E-state index in [1.807, 2.05) is 0 Å². The zero-order valence-corrected chi connectivity index (χ0v) is 10.3. The van der Waals surface area contributed by atoms with Crippen LogP contribution in [0, 0.1) is 23.6 Å². The van der Waals surface area contributed by atoms with E-state index in [9.17, 15) is 4.39 Å². The van der Waals surface area contributed by atoms with Gasteiger partial charge in [0.05, 0.1) is 18.8 Å². The molecule has 1 N–H and O–H groups in total. The molecular weight excluding hydrogens is 231 g/mol. The van der Waals surface area contributed by atoms with Gasteiger partial charge >= 0.3 is 0 Å². The Morgan fingerprint density at radius 2 is 2.22 bits per heavy atom. The molecule has 1 aromatic rings. The van der Waals surface area contributed by atoms with Gasteiger partial charge < -0.3 is 9.84 Å². The summed E-state index contributed by atoms with van der Waals surface area (Å²) in [6.07, 6.45) is 2.89. The van der Waals surface area contributed by atoms with Crippen LogP contribution in [0.4, 0.5) is 4.39 Å². The third-order valence-corrected chi connectivity index (χ3v) is 2.81. The van der Waals surface area contributed by atoms with Crippen LogP contribution in [0.3, 0.4) is 0 Å². The molecule has 0 aliphatic heterocycles. The fourth-order valence-electron chi connectivity index (χ4n) is 1.60. The number of aliphatic hydroxyl groups is 1. The van der Waals surface area contributed by atoms with Gasteiger partial charge in [0.15, 0.2) is 0 Å². The van der Waals surface area contributed by atoms with Crippen LogP contribution in [0.1, 0.15) is 30.4 Å². The zero-order chi connectivity index (χ0) is 12.8. The monoisotopic (exact) mass is 248 g/mol. The van der Waals surface area contributed by atoms with Crippen LogP contribution in [-0.4, -0.2) is 18.3 Å². The molecule has 0 heterocycles. The van der Waals surface area contributed by atoms with Crippen LogP contribution in [0.5, 0.6) is 0 Å². The van der Waals surface area contributed by atoms with Crippen molar-refractivity contribution in [1.82, 2.24) is 0 Å². The molecule has 1 aliphatic carbocycles. The number of hydrogen-bond donors (Lipinski definition) is 1. The van der Waals surface area contributed by atoms with Gasteiger partial charge in [0.2, 0.25) is 0 Å². The van der Waals surface area contributed by atoms with Gasteiger partial charge in [0, 0.05) is 13.0 Å². The van der Waals surface area contributed by atoms with Crippen molar-refractivity contribution in [2.24, 2.45) is 5.92 Å². The van der Waals surface area contributed by atoms with Crippen molar-refractivity contribution in [1.29, 1.82) is 0 Å². The summed E-state index contributed by atoms with van der Waals surface area (Å²) in [6, 6.07) is 4.85. The molecule has 0 unspecified atom stereocenters. The summed E-state index contributed by atoms with van der Waals surface area (Å²) >= 11 is 0. The summed E-state index contributed by atoms with van der Waals surface area (Å²) in [5, 5.41) is 8.63. The molecule has 0 atom stereocenters. The van der Waals surface area contributed by atoms with E-state index in [2.05, 4.69) is 11.8 Å². The summed E-state index contributed by atoms with van der Waals surface area (Å²) in [5.74, 6) is 5.85. The molecule has 1 fully saturated rings. The molecule has 18 heavy (non-hydrogen) atoms. The van der Waals surface area contributed by atoms with Gasteiger partial charge in [-0.2, -0.15) is 0 Å². The summed E-state index contributed by atoms with van der Waals surface area (Å²) in [5.41, 5.74) is 1.31. The lowest BCUT2D eigenvalue weighted by Crippen LogP contribution is -1.98. The van der Waals surface area contributed by atoms with Crippen LogP contribution in [0.15, 0.2) is 18.2 Å². The van der Waals surface area contributed by atoms with Crippen molar-refractivity contribution < 1.29 is 14.2 Å².